The molecule has 1 atom stereocenters. The van der Waals surface area contributed by atoms with Crippen molar-refractivity contribution in [2.45, 2.75) is 45.1 Å². The van der Waals surface area contributed by atoms with Gasteiger partial charge in [-0.1, -0.05) is 25.0 Å². The average Bonchev–Trinajstić information content (AvgIpc) is 3.21. The maximum absolute atomic E-state index is 12.6. The molecule has 0 aromatic carbocycles. The molecule has 2 heterocycles. The van der Waals surface area contributed by atoms with Crippen molar-refractivity contribution in [1.82, 2.24) is 20.7 Å². The first kappa shape index (κ1) is 15.2. The zero-order valence-corrected chi connectivity index (χ0v) is 13.8. The molecule has 0 spiro atoms. The molecule has 2 aromatic heterocycles. The maximum atomic E-state index is 12.6. The predicted molar refractivity (Wildman–Crippen MR) is 86.6 cm³/mol. The van der Waals surface area contributed by atoms with E-state index in [4.69, 9.17) is 0 Å². The first-order valence-electron chi connectivity index (χ1n) is 7.81. The van der Waals surface area contributed by atoms with Gasteiger partial charge in [-0.3, -0.25) is 9.89 Å². The lowest BCUT2D eigenvalue weighted by Crippen LogP contribution is -2.50. The molecule has 118 valence electrons. The number of thiophene rings is 1. The standard InChI is InChI=1S/C16H22N4OS/c1-11-3-5-13(6-4-11)16(2,14-9-17-20-19-14)18-15(21)12-7-8-22-10-12/h7-11,13H,3-6H2,1-2H3,(H,18,21)(H,17,19,20)/t11-,13-,16-/m0/s1. The highest BCUT2D eigenvalue weighted by Crippen LogP contribution is 2.40. The molecule has 6 heteroatoms. The minimum atomic E-state index is -0.480. The number of amides is 1. The zero-order valence-electron chi connectivity index (χ0n) is 13.0. The van der Waals surface area contributed by atoms with Crippen molar-refractivity contribution in [2.24, 2.45) is 11.8 Å². The molecule has 1 saturated carbocycles. The summed E-state index contributed by atoms with van der Waals surface area (Å²) in [4.78, 5) is 12.6. The van der Waals surface area contributed by atoms with Crippen LogP contribution in [0.3, 0.4) is 0 Å². The number of hydrogen-bond donors (Lipinski definition) is 2. The van der Waals surface area contributed by atoms with Crippen molar-refractivity contribution < 1.29 is 4.79 Å². The smallest absolute Gasteiger partial charge is 0.252 e. The number of aromatic nitrogens is 3. The third kappa shape index (κ3) is 2.92. The molecule has 0 saturated heterocycles. The van der Waals surface area contributed by atoms with Gasteiger partial charge in [-0.15, -0.1) is 5.10 Å². The van der Waals surface area contributed by atoms with Crippen LogP contribution < -0.4 is 5.32 Å². The van der Waals surface area contributed by atoms with Crippen molar-refractivity contribution in [3.63, 3.8) is 0 Å². The molecule has 0 aliphatic heterocycles. The molecular weight excluding hydrogens is 296 g/mol. The molecule has 1 amide bonds. The van der Waals surface area contributed by atoms with Crippen LogP contribution in [0.15, 0.2) is 23.0 Å². The van der Waals surface area contributed by atoms with Crippen LogP contribution in [0.5, 0.6) is 0 Å². The molecule has 5 nitrogen and oxygen atoms in total. The number of carbonyl (C=O) groups is 1. The van der Waals surface area contributed by atoms with Gasteiger partial charge in [-0.05, 0) is 43.0 Å². The van der Waals surface area contributed by atoms with Crippen LogP contribution in [-0.2, 0) is 5.54 Å². The van der Waals surface area contributed by atoms with Crippen LogP contribution in [0.2, 0.25) is 0 Å². The van der Waals surface area contributed by atoms with Crippen molar-refractivity contribution in [2.75, 3.05) is 0 Å². The molecule has 1 aliphatic carbocycles. The summed E-state index contributed by atoms with van der Waals surface area (Å²) in [6.07, 6.45) is 6.41. The van der Waals surface area contributed by atoms with Gasteiger partial charge in [-0.25, -0.2) is 0 Å². The summed E-state index contributed by atoms with van der Waals surface area (Å²) in [6, 6.07) is 1.85. The monoisotopic (exact) mass is 318 g/mol. The highest BCUT2D eigenvalue weighted by molar-refractivity contribution is 7.08. The average molecular weight is 318 g/mol. The Hall–Kier alpha value is -1.69. The SMILES string of the molecule is C[C@@](NC(=O)c1ccsc1)(c1c[nH]nn1)[C@H]1CC[C@H](C)CC1. The van der Waals surface area contributed by atoms with Gasteiger partial charge in [0.2, 0.25) is 0 Å². The molecule has 1 fully saturated rings. The predicted octanol–water partition coefficient (Wildman–Crippen LogP) is 3.34. The third-order valence-electron chi connectivity index (χ3n) is 4.94. The number of H-pyrrole nitrogens is 1. The number of hydrogen-bond acceptors (Lipinski definition) is 4. The normalized spacial score (nSPS) is 24.6. The molecule has 3 rings (SSSR count). The van der Waals surface area contributed by atoms with Crippen LogP contribution in [0.4, 0.5) is 0 Å². The van der Waals surface area contributed by atoms with Crippen molar-refractivity contribution >= 4 is 17.2 Å². The minimum Gasteiger partial charge on any atom is -0.341 e. The first-order chi connectivity index (χ1) is 10.6. The molecule has 2 aromatic rings. The Morgan fingerprint density at radius 3 is 2.77 bits per heavy atom. The molecule has 0 bridgehead atoms. The van der Waals surface area contributed by atoms with Crippen LogP contribution >= 0.6 is 11.3 Å². The van der Waals surface area contributed by atoms with Crippen LogP contribution in [0.1, 0.15) is 55.6 Å². The highest BCUT2D eigenvalue weighted by atomic mass is 32.1. The molecule has 2 N–H and O–H groups in total. The Morgan fingerprint density at radius 1 is 1.41 bits per heavy atom. The number of rotatable bonds is 4. The Morgan fingerprint density at radius 2 is 2.18 bits per heavy atom. The van der Waals surface area contributed by atoms with E-state index in [1.807, 2.05) is 16.8 Å². The van der Waals surface area contributed by atoms with E-state index in [2.05, 4.69) is 34.6 Å². The van der Waals surface area contributed by atoms with Crippen LogP contribution in [-0.4, -0.2) is 21.3 Å². The Labute approximate surface area is 134 Å². The summed E-state index contributed by atoms with van der Waals surface area (Å²) < 4.78 is 0. The highest BCUT2D eigenvalue weighted by Gasteiger charge is 2.41. The topological polar surface area (TPSA) is 70.7 Å². The Bertz CT molecular complexity index is 602. The summed E-state index contributed by atoms with van der Waals surface area (Å²) in [5.74, 6) is 1.12. The van der Waals surface area contributed by atoms with E-state index in [1.54, 1.807) is 6.20 Å². The van der Waals surface area contributed by atoms with Gasteiger partial charge >= 0.3 is 0 Å². The lowest BCUT2D eigenvalue weighted by Gasteiger charge is -2.40. The van der Waals surface area contributed by atoms with Gasteiger partial charge in [0.25, 0.3) is 5.91 Å². The second-order valence-corrected chi connectivity index (χ2v) is 7.26. The van der Waals surface area contributed by atoms with Crippen LogP contribution in [0, 0.1) is 11.8 Å². The number of carbonyl (C=O) groups excluding carboxylic acids is 1. The summed E-state index contributed by atoms with van der Waals surface area (Å²) >= 11 is 1.53. The fourth-order valence-electron chi connectivity index (χ4n) is 3.37. The van der Waals surface area contributed by atoms with E-state index in [9.17, 15) is 4.79 Å². The lowest BCUT2D eigenvalue weighted by molar-refractivity contribution is 0.0813. The van der Waals surface area contributed by atoms with Crippen molar-refractivity contribution in [3.8, 4) is 0 Å². The van der Waals surface area contributed by atoms with E-state index < -0.39 is 5.54 Å². The van der Waals surface area contributed by atoms with E-state index in [0.717, 1.165) is 24.5 Å². The molecule has 22 heavy (non-hydrogen) atoms. The second-order valence-electron chi connectivity index (χ2n) is 6.48. The van der Waals surface area contributed by atoms with Crippen molar-refractivity contribution in [3.05, 3.63) is 34.3 Å². The Balaban J connectivity index is 1.85. The molecule has 0 unspecified atom stereocenters. The second kappa shape index (κ2) is 6.20. The summed E-state index contributed by atoms with van der Waals surface area (Å²) in [5, 5.41) is 17.8. The van der Waals surface area contributed by atoms with Gasteiger partial charge in [0.1, 0.15) is 5.69 Å². The van der Waals surface area contributed by atoms with Crippen LogP contribution in [0.25, 0.3) is 0 Å². The van der Waals surface area contributed by atoms with E-state index in [-0.39, 0.29) is 5.91 Å². The zero-order chi connectivity index (χ0) is 15.6. The molecule has 1 aliphatic rings. The summed E-state index contributed by atoms with van der Waals surface area (Å²) in [5.41, 5.74) is 1.05. The van der Waals surface area contributed by atoms with Gasteiger partial charge < -0.3 is 5.32 Å². The van der Waals surface area contributed by atoms with E-state index >= 15 is 0 Å². The summed E-state index contributed by atoms with van der Waals surface area (Å²) in [7, 11) is 0. The number of aromatic amines is 1. The molecular formula is C16H22N4OS. The fraction of sp³-hybridized carbons (Fsp3) is 0.562. The molecule has 0 radical (unpaired) electrons. The lowest BCUT2D eigenvalue weighted by atomic mass is 9.71. The fourth-order valence-corrected chi connectivity index (χ4v) is 4.01. The number of nitrogens with zero attached hydrogens (tertiary/aromatic N) is 2. The van der Waals surface area contributed by atoms with Gasteiger partial charge in [0, 0.05) is 11.6 Å². The third-order valence-corrected chi connectivity index (χ3v) is 5.62. The first-order valence-corrected chi connectivity index (χ1v) is 8.75. The maximum Gasteiger partial charge on any atom is 0.252 e. The Kier molecular flexibility index (Phi) is 4.29. The van der Waals surface area contributed by atoms with E-state index in [0.29, 0.717) is 11.5 Å². The van der Waals surface area contributed by atoms with Gasteiger partial charge in [-0.2, -0.15) is 11.3 Å². The van der Waals surface area contributed by atoms with Crippen molar-refractivity contribution in [1.29, 1.82) is 0 Å². The van der Waals surface area contributed by atoms with E-state index in [1.165, 1.54) is 24.2 Å². The quantitative estimate of drug-likeness (QED) is 0.908. The van der Waals surface area contributed by atoms with Gasteiger partial charge in [0.05, 0.1) is 11.1 Å². The minimum absolute atomic E-state index is 0.0367. The summed E-state index contributed by atoms with van der Waals surface area (Å²) in [6.45, 7) is 4.38. The number of nitrogens with one attached hydrogen (secondary N) is 2. The van der Waals surface area contributed by atoms with Gasteiger partial charge in [0.15, 0.2) is 0 Å². The largest absolute Gasteiger partial charge is 0.341 e.